The van der Waals surface area contributed by atoms with Crippen LogP contribution in [0.25, 0.3) is 0 Å². The van der Waals surface area contributed by atoms with Gasteiger partial charge in [-0.25, -0.2) is 12.8 Å². The zero-order chi connectivity index (χ0) is 18.6. The maximum atomic E-state index is 13.8. The Labute approximate surface area is 147 Å². The Hall–Kier alpha value is -2.25. The van der Waals surface area contributed by atoms with E-state index in [1.165, 1.54) is 12.1 Å². The van der Waals surface area contributed by atoms with Gasteiger partial charge in [-0.2, -0.15) is 4.72 Å². The molecule has 1 amide bonds. The Kier molecular flexibility index (Phi) is 5.92. The van der Waals surface area contributed by atoms with Gasteiger partial charge in [0.1, 0.15) is 16.8 Å². The topological polar surface area (TPSA) is 75.3 Å². The first-order valence-corrected chi connectivity index (χ1v) is 9.34. The van der Waals surface area contributed by atoms with Crippen LogP contribution < -0.4 is 10.0 Å². The van der Waals surface area contributed by atoms with Crippen molar-refractivity contribution < 1.29 is 17.6 Å². The summed E-state index contributed by atoms with van der Waals surface area (Å²) in [6, 6.07) is 11.2. The molecule has 1 atom stereocenters. The maximum absolute atomic E-state index is 13.8. The molecule has 7 heteroatoms. The molecule has 2 aromatic carbocycles. The fraction of sp³-hybridized carbons (Fsp3) is 0.278. The SMILES string of the molecule is Cc1ccccc1NC(=O)C(NS(=O)(=O)c1ccccc1F)C(C)C. The lowest BCUT2D eigenvalue weighted by atomic mass is 10.0. The van der Waals surface area contributed by atoms with Crippen LogP contribution in [0.1, 0.15) is 19.4 Å². The molecule has 0 aliphatic carbocycles. The number of carbonyl (C=O) groups is 1. The van der Waals surface area contributed by atoms with E-state index in [2.05, 4.69) is 10.0 Å². The fourth-order valence-electron chi connectivity index (χ4n) is 2.31. The Morgan fingerprint density at radius 2 is 1.64 bits per heavy atom. The number of halogens is 1. The van der Waals surface area contributed by atoms with Crippen molar-refractivity contribution >= 4 is 21.6 Å². The number of nitrogens with one attached hydrogen (secondary N) is 2. The summed E-state index contributed by atoms with van der Waals surface area (Å²) in [5, 5.41) is 2.72. The first-order chi connectivity index (χ1) is 11.7. The summed E-state index contributed by atoms with van der Waals surface area (Å²) in [5.74, 6) is -1.69. The predicted molar refractivity (Wildman–Crippen MR) is 95.2 cm³/mol. The minimum atomic E-state index is -4.17. The molecule has 2 rings (SSSR count). The quantitative estimate of drug-likeness (QED) is 0.827. The van der Waals surface area contributed by atoms with Gasteiger partial charge >= 0.3 is 0 Å². The van der Waals surface area contributed by atoms with Crippen LogP contribution >= 0.6 is 0 Å². The number of sulfonamides is 1. The van der Waals surface area contributed by atoms with Gasteiger partial charge in [-0.3, -0.25) is 4.79 Å². The number of para-hydroxylation sites is 1. The largest absolute Gasteiger partial charge is 0.324 e. The standard InChI is InChI=1S/C18H21FN2O3S/c1-12(2)17(18(22)20-15-10-6-4-8-13(15)3)21-25(23,24)16-11-7-5-9-14(16)19/h4-12,17,21H,1-3H3,(H,20,22). The van der Waals surface area contributed by atoms with Crippen molar-refractivity contribution in [1.82, 2.24) is 4.72 Å². The molecule has 0 aromatic heterocycles. The molecule has 0 saturated heterocycles. The molecule has 0 bridgehead atoms. The molecule has 0 spiro atoms. The van der Waals surface area contributed by atoms with Crippen molar-refractivity contribution in [3.63, 3.8) is 0 Å². The van der Waals surface area contributed by atoms with E-state index < -0.39 is 32.7 Å². The number of rotatable bonds is 6. The number of anilines is 1. The number of hydrogen-bond donors (Lipinski definition) is 2. The van der Waals surface area contributed by atoms with Crippen molar-refractivity contribution in [2.75, 3.05) is 5.32 Å². The molecule has 25 heavy (non-hydrogen) atoms. The van der Waals surface area contributed by atoms with Crippen molar-refractivity contribution in [3.05, 3.63) is 59.9 Å². The van der Waals surface area contributed by atoms with E-state index >= 15 is 0 Å². The van der Waals surface area contributed by atoms with Crippen molar-refractivity contribution in [2.45, 2.75) is 31.7 Å². The second kappa shape index (κ2) is 7.76. The molecule has 0 aliphatic rings. The first kappa shape index (κ1) is 19.1. The second-order valence-electron chi connectivity index (χ2n) is 6.08. The number of amides is 1. The summed E-state index contributed by atoms with van der Waals surface area (Å²) in [6.45, 7) is 5.27. The molecule has 134 valence electrons. The van der Waals surface area contributed by atoms with Crippen LogP contribution in [-0.4, -0.2) is 20.4 Å². The number of carbonyl (C=O) groups excluding carboxylic acids is 1. The average Bonchev–Trinajstić information content (AvgIpc) is 2.54. The molecule has 1 unspecified atom stereocenters. The van der Waals surface area contributed by atoms with Gasteiger partial charge < -0.3 is 5.32 Å². The molecule has 0 radical (unpaired) electrons. The van der Waals surface area contributed by atoms with E-state index in [0.717, 1.165) is 17.7 Å². The lowest BCUT2D eigenvalue weighted by molar-refractivity contribution is -0.118. The van der Waals surface area contributed by atoms with Crippen LogP contribution in [0, 0.1) is 18.7 Å². The van der Waals surface area contributed by atoms with E-state index in [9.17, 15) is 17.6 Å². The third kappa shape index (κ3) is 4.64. The third-order valence-electron chi connectivity index (χ3n) is 3.76. The molecular formula is C18H21FN2O3S. The third-order valence-corrected chi connectivity index (χ3v) is 5.23. The summed E-state index contributed by atoms with van der Waals surface area (Å²) in [4.78, 5) is 12.1. The van der Waals surface area contributed by atoms with Gasteiger partial charge in [0, 0.05) is 5.69 Å². The number of aryl methyl sites for hydroxylation is 1. The highest BCUT2D eigenvalue weighted by atomic mass is 32.2. The molecule has 0 saturated carbocycles. The molecule has 2 aromatic rings. The summed E-state index contributed by atoms with van der Waals surface area (Å²) in [5.41, 5.74) is 1.46. The van der Waals surface area contributed by atoms with Gasteiger partial charge in [0.05, 0.1) is 0 Å². The minimum Gasteiger partial charge on any atom is -0.324 e. The summed E-state index contributed by atoms with van der Waals surface area (Å²) in [7, 11) is -4.17. The van der Waals surface area contributed by atoms with Crippen LogP contribution in [-0.2, 0) is 14.8 Å². The fourth-order valence-corrected chi connectivity index (χ4v) is 3.73. The van der Waals surface area contributed by atoms with Crippen molar-refractivity contribution in [2.24, 2.45) is 5.92 Å². The predicted octanol–water partition coefficient (Wildman–Crippen LogP) is 3.08. The molecule has 0 aliphatic heterocycles. The lowest BCUT2D eigenvalue weighted by Gasteiger charge is -2.22. The van der Waals surface area contributed by atoms with Gasteiger partial charge in [0.25, 0.3) is 0 Å². The van der Waals surface area contributed by atoms with Gasteiger partial charge in [0.15, 0.2) is 0 Å². The van der Waals surface area contributed by atoms with Crippen LogP contribution in [0.3, 0.4) is 0 Å². The van der Waals surface area contributed by atoms with E-state index in [0.29, 0.717) is 5.69 Å². The normalized spacial score (nSPS) is 12.8. The van der Waals surface area contributed by atoms with E-state index in [-0.39, 0.29) is 5.92 Å². The molecule has 5 nitrogen and oxygen atoms in total. The Balaban J connectivity index is 2.25. The summed E-state index contributed by atoms with van der Waals surface area (Å²) < 4.78 is 41.0. The van der Waals surface area contributed by atoms with E-state index in [1.807, 2.05) is 19.1 Å². The van der Waals surface area contributed by atoms with Gasteiger partial charge in [-0.15, -0.1) is 0 Å². The highest BCUT2D eigenvalue weighted by Crippen LogP contribution is 2.18. The average molecular weight is 364 g/mol. The molecule has 0 fully saturated rings. The Bertz CT molecular complexity index is 866. The van der Waals surface area contributed by atoms with Crippen LogP contribution in [0.4, 0.5) is 10.1 Å². The second-order valence-corrected chi connectivity index (χ2v) is 7.76. The maximum Gasteiger partial charge on any atom is 0.244 e. The van der Waals surface area contributed by atoms with E-state index in [1.54, 1.807) is 26.0 Å². The number of hydrogen-bond acceptors (Lipinski definition) is 3. The van der Waals surface area contributed by atoms with Gasteiger partial charge in [0.2, 0.25) is 15.9 Å². The molecule has 2 N–H and O–H groups in total. The lowest BCUT2D eigenvalue weighted by Crippen LogP contribution is -2.47. The smallest absolute Gasteiger partial charge is 0.244 e. The molecule has 0 heterocycles. The zero-order valence-corrected chi connectivity index (χ0v) is 15.1. The van der Waals surface area contributed by atoms with E-state index in [4.69, 9.17) is 0 Å². The zero-order valence-electron chi connectivity index (χ0n) is 14.3. The van der Waals surface area contributed by atoms with Crippen LogP contribution in [0.2, 0.25) is 0 Å². The van der Waals surface area contributed by atoms with Crippen LogP contribution in [0.5, 0.6) is 0 Å². The Morgan fingerprint density at radius 3 is 2.24 bits per heavy atom. The highest BCUT2D eigenvalue weighted by molar-refractivity contribution is 7.89. The molecular weight excluding hydrogens is 343 g/mol. The van der Waals surface area contributed by atoms with Gasteiger partial charge in [-0.05, 0) is 36.6 Å². The van der Waals surface area contributed by atoms with Crippen LogP contribution in [0.15, 0.2) is 53.4 Å². The minimum absolute atomic E-state index is 0.328. The first-order valence-electron chi connectivity index (χ1n) is 7.85. The Morgan fingerprint density at radius 1 is 1.04 bits per heavy atom. The van der Waals surface area contributed by atoms with Gasteiger partial charge in [-0.1, -0.05) is 44.2 Å². The highest BCUT2D eigenvalue weighted by Gasteiger charge is 2.30. The summed E-state index contributed by atoms with van der Waals surface area (Å²) in [6.07, 6.45) is 0. The van der Waals surface area contributed by atoms with Crippen molar-refractivity contribution in [1.29, 1.82) is 0 Å². The number of benzene rings is 2. The summed E-state index contributed by atoms with van der Waals surface area (Å²) >= 11 is 0. The monoisotopic (exact) mass is 364 g/mol. The van der Waals surface area contributed by atoms with Crippen molar-refractivity contribution in [3.8, 4) is 0 Å².